The summed E-state index contributed by atoms with van der Waals surface area (Å²) in [6, 6.07) is 16.3. The first-order valence-corrected chi connectivity index (χ1v) is 11.2. The number of aromatic amines is 1. The van der Waals surface area contributed by atoms with E-state index in [-0.39, 0.29) is 39.3 Å². The summed E-state index contributed by atoms with van der Waals surface area (Å²) in [6.07, 6.45) is 0. The fourth-order valence-corrected chi connectivity index (χ4v) is 4.34. The van der Waals surface area contributed by atoms with Crippen molar-refractivity contribution in [1.29, 1.82) is 0 Å². The molecule has 0 saturated heterocycles. The number of aromatic hydroxyl groups is 1. The third-order valence-electron chi connectivity index (χ3n) is 4.90. The van der Waals surface area contributed by atoms with Crippen LogP contribution >= 0.6 is 0 Å². The molecule has 1 heterocycles. The first kappa shape index (κ1) is 22.0. The number of para-hydroxylation sites is 1. The molecule has 3 aromatic carbocycles. The molecular weight excluding hydrogens is 449 g/mol. The van der Waals surface area contributed by atoms with Crippen LogP contribution in [0.1, 0.15) is 15.9 Å². The molecule has 0 unspecified atom stereocenters. The van der Waals surface area contributed by atoms with E-state index < -0.39 is 27.3 Å². The smallest absolute Gasteiger partial charge is 0.261 e. The Morgan fingerprint density at radius 1 is 1.00 bits per heavy atom. The van der Waals surface area contributed by atoms with Gasteiger partial charge in [-0.1, -0.05) is 18.2 Å². The van der Waals surface area contributed by atoms with Crippen LogP contribution in [-0.2, 0) is 16.6 Å². The standard InChI is InChI=1S/C23H18FN3O5S/c24-15-5-7-16(8-6-15)27-33(31,32)17-9-10-20-18(11-17)19(12-22(29)26-20)23(30)25-13-14-3-1-2-4-21(14)28/h1-12,27-28H,13H2,(H,25,30)(H,26,29). The average molecular weight is 467 g/mol. The van der Waals surface area contributed by atoms with Crippen LogP contribution in [0.15, 0.2) is 82.5 Å². The summed E-state index contributed by atoms with van der Waals surface area (Å²) < 4.78 is 41.1. The number of hydrogen-bond donors (Lipinski definition) is 4. The molecule has 4 rings (SSSR count). The summed E-state index contributed by atoms with van der Waals surface area (Å²) in [5.74, 6) is -1.11. The molecule has 4 aromatic rings. The number of hydrogen-bond acceptors (Lipinski definition) is 5. The number of phenolic OH excluding ortho intramolecular Hbond substituents is 1. The molecular formula is C23H18FN3O5S. The number of sulfonamides is 1. The highest BCUT2D eigenvalue weighted by Gasteiger charge is 2.18. The fraction of sp³-hybridized carbons (Fsp3) is 0.0435. The lowest BCUT2D eigenvalue weighted by Gasteiger charge is -2.12. The second-order valence-corrected chi connectivity index (χ2v) is 8.86. The van der Waals surface area contributed by atoms with Gasteiger partial charge in [-0.15, -0.1) is 0 Å². The Kier molecular flexibility index (Phi) is 5.84. The Bertz CT molecular complexity index is 1520. The van der Waals surface area contributed by atoms with Gasteiger partial charge < -0.3 is 15.4 Å². The van der Waals surface area contributed by atoms with Crippen molar-refractivity contribution in [2.24, 2.45) is 0 Å². The van der Waals surface area contributed by atoms with Gasteiger partial charge in [-0.05, 0) is 48.5 Å². The topological polar surface area (TPSA) is 128 Å². The van der Waals surface area contributed by atoms with Crippen molar-refractivity contribution < 1.29 is 22.7 Å². The monoisotopic (exact) mass is 467 g/mol. The number of nitrogens with one attached hydrogen (secondary N) is 3. The van der Waals surface area contributed by atoms with Gasteiger partial charge >= 0.3 is 0 Å². The fourth-order valence-electron chi connectivity index (χ4n) is 3.25. The molecule has 0 aliphatic heterocycles. The molecule has 0 aliphatic carbocycles. The van der Waals surface area contributed by atoms with Gasteiger partial charge in [0.1, 0.15) is 11.6 Å². The lowest BCUT2D eigenvalue weighted by Crippen LogP contribution is -2.25. The summed E-state index contributed by atoms with van der Waals surface area (Å²) >= 11 is 0. The van der Waals surface area contributed by atoms with Crippen LogP contribution in [-0.4, -0.2) is 24.4 Å². The highest BCUT2D eigenvalue weighted by molar-refractivity contribution is 7.92. The maximum Gasteiger partial charge on any atom is 0.261 e. The number of carbonyl (C=O) groups excluding carboxylic acids is 1. The SMILES string of the molecule is O=C(NCc1ccccc1O)c1cc(=O)[nH]c2ccc(S(=O)(=O)Nc3ccc(F)cc3)cc12. The van der Waals surface area contributed by atoms with Crippen molar-refractivity contribution in [1.82, 2.24) is 10.3 Å². The molecule has 4 N–H and O–H groups in total. The number of fused-ring (bicyclic) bond motifs is 1. The average Bonchev–Trinajstić information content (AvgIpc) is 2.79. The Balaban J connectivity index is 1.68. The number of phenols is 1. The predicted octanol–water partition coefficient (Wildman–Crippen LogP) is 3.10. The summed E-state index contributed by atoms with van der Waals surface area (Å²) in [4.78, 5) is 27.3. The molecule has 33 heavy (non-hydrogen) atoms. The molecule has 0 saturated carbocycles. The Labute approximate surface area is 187 Å². The number of H-pyrrole nitrogens is 1. The molecule has 8 nitrogen and oxygen atoms in total. The third-order valence-corrected chi connectivity index (χ3v) is 6.28. The van der Waals surface area contributed by atoms with Gasteiger partial charge in [-0.3, -0.25) is 14.3 Å². The molecule has 168 valence electrons. The van der Waals surface area contributed by atoms with Crippen LogP contribution in [0.5, 0.6) is 5.75 Å². The minimum atomic E-state index is -4.06. The van der Waals surface area contributed by atoms with Crippen LogP contribution in [0.2, 0.25) is 0 Å². The summed E-state index contributed by atoms with van der Waals surface area (Å²) in [7, 11) is -4.06. The van der Waals surface area contributed by atoms with E-state index in [2.05, 4.69) is 15.0 Å². The van der Waals surface area contributed by atoms with Crippen LogP contribution in [0.25, 0.3) is 10.9 Å². The predicted molar refractivity (Wildman–Crippen MR) is 121 cm³/mol. The Morgan fingerprint density at radius 2 is 1.73 bits per heavy atom. The van der Waals surface area contributed by atoms with E-state index in [1.165, 1.54) is 36.4 Å². The zero-order valence-electron chi connectivity index (χ0n) is 17.0. The number of pyridine rings is 1. The quantitative estimate of drug-likeness (QED) is 0.346. The summed E-state index contributed by atoms with van der Waals surface area (Å²) in [6.45, 7) is 0.00388. The minimum absolute atomic E-state index is 0.00388. The van der Waals surface area contributed by atoms with Crippen molar-refractivity contribution in [2.45, 2.75) is 11.4 Å². The lowest BCUT2D eigenvalue weighted by atomic mass is 10.1. The van der Waals surface area contributed by atoms with Gasteiger partial charge in [0.25, 0.3) is 15.9 Å². The summed E-state index contributed by atoms with van der Waals surface area (Å²) in [5, 5.41) is 12.7. The first-order chi connectivity index (χ1) is 15.7. The molecule has 0 atom stereocenters. The minimum Gasteiger partial charge on any atom is -0.508 e. The van der Waals surface area contributed by atoms with Gasteiger partial charge in [0.15, 0.2) is 0 Å². The number of rotatable bonds is 6. The first-order valence-electron chi connectivity index (χ1n) is 9.73. The molecule has 0 spiro atoms. The van der Waals surface area contributed by atoms with Gasteiger partial charge in [0.2, 0.25) is 5.56 Å². The molecule has 0 fully saturated rings. The van der Waals surface area contributed by atoms with E-state index >= 15 is 0 Å². The van der Waals surface area contributed by atoms with Crippen LogP contribution in [0.4, 0.5) is 10.1 Å². The lowest BCUT2D eigenvalue weighted by molar-refractivity contribution is 0.0952. The van der Waals surface area contributed by atoms with E-state index in [0.717, 1.165) is 18.2 Å². The Hall–Kier alpha value is -4.18. The number of amides is 1. The van der Waals surface area contributed by atoms with E-state index in [4.69, 9.17) is 0 Å². The molecule has 1 amide bonds. The zero-order valence-corrected chi connectivity index (χ0v) is 17.8. The van der Waals surface area contributed by atoms with Crippen molar-refractivity contribution in [2.75, 3.05) is 4.72 Å². The molecule has 0 radical (unpaired) electrons. The van der Waals surface area contributed by atoms with Gasteiger partial charge in [0.05, 0.1) is 10.5 Å². The third kappa shape index (κ3) is 4.85. The highest BCUT2D eigenvalue weighted by Crippen LogP contribution is 2.23. The van der Waals surface area contributed by atoms with Crippen LogP contribution < -0.4 is 15.6 Å². The second-order valence-electron chi connectivity index (χ2n) is 7.18. The van der Waals surface area contributed by atoms with Crippen molar-refractivity contribution in [3.05, 3.63) is 100 Å². The molecule has 1 aromatic heterocycles. The maximum atomic E-state index is 13.1. The van der Waals surface area contributed by atoms with Crippen molar-refractivity contribution in [3.63, 3.8) is 0 Å². The van der Waals surface area contributed by atoms with E-state index in [9.17, 15) is 27.5 Å². The van der Waals surface area contributed by atoms with Crippen molar-refractivity contribution >= 4 is 32.5 Å². The highest BCUT2D eigenvalue weighted by atomic mass is 32.2. The zero-order chi connectivity index (χ0) is 23.6. The van der Waals surface area contributed by atoms with E-state index in [1.54, 1.807) is 18.2 Å². The van der Waals surface area contributed by atoms with Crippen LogP contribution in [0.3, 0.4) is 0 Å². The van der Waals surface area contributed by atoms with Gasteiger partial charge in [0, 0.05) is 34.8 Å². The number of carbonyl (C=O) groups is 1. The van der Waals surface area contributed by atoms with E-state index in [1.807, 2.05) is 0 Å². The normalized spacial score (nSPS) is 11.3. The Morgan fingerprint density at radius 3 is 2.45 bits per heavy atom. The number of anilines is 1. The van der Waals surface area contributed by atoms with Crippen molar-refractivity contribution in [3.8, 4) is 5.75 Å². The molecule has 10 heteroatoms. The van der Waals surface area contributed by atoms with Gasteiger partial charge in [-0.2, -0.15) is 0 Å². The maximum absolute atomic E-state index is 13.1. The van der Waals surface area contributed by atoms with Crippen LogP contribution in [0, 0.1) is 5.82 Å². The summed E-state index contributed by atoms with van der Waals surface area (Å²) in [5.41, 5.74) is 0.361. The number of halogens is 1. The molecule has 0 aliphatic rings. The molecule has 0 bridgehead atoms. The van der Waals surface area contributed by atoms with Gasteiger partial charge in [-0.25, -0.2) is 12.8 Å². The second kappa shape index (κ2) is 8.75. The number of benzene rings is 3. The number of aromatic nitrogens is 1. The van der Waals surface area contributed by atoms with E-state index in [0.29, 0.717) is 5.56 Å². The largest absolute Gasteiger partial charge is 0.508 e.